The van der Waals surface area contributed by atoms with Gasteiger partial charge in [-0.15, -0.1) is 0 Å². The van der Waals surface area contributed by atoms with Crippen LogP contribution < -0.4 is 9.47 Å². The first-order chi connectivity index (χ1) is 14.7. The number of ether oxygens (including phenoxy) is 2. The van der Waals surface area contributed by atoms with Crippen molar-refractivity contribution in [1.82, 2.24) is 4.98 Å². The highest BCUT2D eigenvalue weighted by Crippen LogP contribution is 2.36. The van der Waals surface area contributed by atoms with E-state index in [0.717, 1.165) is 27.6 Å². The maximum Gasteiger partial charge on any atom is 0.214 e. The molecule has 0 aliphatic rings. The highest BCUT2D eigenvalue weighted by Gasteiger charge is 2.24. The number of methoxy groups -OCH3 is 1. The second-order valence-electron chi connectivity index (χ2n) is 7.04. The molecule has 1 atom stereocenters. The van der Waals surface area contributed by atoms with Crippen LogP contribution in [0, 0.1) is 10.1 Å². The lowest BCUT2D eigenvalue weighted by Crippen LogP contribution is -2.14. The van der Waals surface area contributed by atoms with E-state index in [2.05, 4.69) is 4.98 Å². The Morgan fingerprint density at radius 3 is 2.53 bits per heavy atom. The van der Waals surface area contributed by atoms with Gasteiger partial charge in [0.25, 0.3) is 0 Å². The van der Waals surface area contributed by atoms with Crippen LogP contribution in [0.5, 0.6) is 11.5 Å². The average molecular weight is 402 g/mol. The van der Waals surface area contributed by atoms with Crippen molar-refractivity contribution in [2.75, 3.05) is 13.7 Å². The van der Waals surface area contributed by atoms with E-state index in [0.29, 0.717) is 18.1 Å². The molecular formula is C24H22N2O4. The number of fused-ring (bicyclic) bond motifs is 1. The minimum Gasteiger partial charge on any atom is -0.493 e. The number of H-pyrrole nitrogens is 1. The van der Waals surface area contributed by atoms with E-state index in [4.69, 9.17) is 9.47 Å². The van der Waals surface area contributed by atoms with E-state index in [1.165, 1.54) is 0 Å². The number of nitrogens with zero attached hydrogens (tertiary/aromatic N) is 1. The first kappa shape index (κ1) is 19.5. The number of hydrogen-bond acceptors (Lipinski definition) is 4. The molecule has 4 rings (SSSR count). The molecule has 152 valence electrons. The zero-order valence-electron chi connectivity index (χ0n) is 16.6. The normalized spacial score (nSPS) is 11.9. The summed E-state index contributed by atoms with van der Waals surface area (Å²) in [5.74, 6) is 0.744. The molecule has 0 aliphatic carbocycles. The van der Waals surface area contributed by atoms with Gasteiger partial charge in [0.2, 0.25) is 6.54 Å². The Labute approximate surface area is 174 Å². The number of benzene rings is 3. The third kappa shape index (κ3) is 4.12. The number of aromatic nitrogens is 1. The maximum absolute atomic E-state index is 11.4. The van der Waals surface area contributed by atoms with E-state index in [-0.39, 0.29) is 11.5 Å². The molecule has 1 aromatic heterocycles. The Balaban J connectivity index is 1.66. The molecule has 0 aliphatic heterocycles. The van der Waals surface area contributed by atoms with E-state index in [1.807, 2.05) is 79.0 Å². The summed E-state index contributed by atoms with van der Waals surface area (Å²) in [6, 6.07) is 23.2. The van der Waals surface area contributed by atoms with Crippen LogP contribution in [0.3, 0.4) is 0 Å². The van der Waals surface area contributed by atoms with Crippen LogP contribution in [0.25, 0.3) is 10.9 Å². The first-order valence-electron chi connectivity index (χ1n) is 9.68. The van der Waals surface area contributed by atoms with Gasteiger partial charge in [-0.05, 0) is 34.9 Å². The number of rotatable bonds is 8. The zero-order valence-corrected chi connectivity index (χ0v) is 16.6. The molecule has 3 aromatic carbocycles. The van der Waals surface area contributed by atoms with Crippen molar-refractivity contribution < 1.29 is 14.4 Å². The molecule has 0 spiro atoms. The summed E-state index contributed by atoms with van der Waals surface area (Å²) in [6.07, 6.45) is 1.85. The van der Waals surface area contributed by atoms with Crippen LogP contribution in [0.4, 0.5) is 0 Å². The number of aromatic amines is 1. The van der Waals surface area contributed by atoms with Crippen LogP contribution in [0.15, 0.2) is 79.0 Å². The Morgan fingerprint density at radius 2 is 1.77 bits per heavy atom. The van der Waals surface area contributed by atoms with Crippen molar-refractivity contribution in [1.29, 1.82) is 0 Å². The van der Waals surface area contributed by atoms with Gasteiger partial charge in [0.1, 0.15) is 6.61 Å². The van der Waals surface area contributed by atoms with E-state index in [9.17, 15) is 10.1 Å². The molecular weight excluding hydrogens is 380 g/mol. The monoisotopic (exact) mass is 402 g/mol. The molecule has 30 heavy (non-hydrogen) atoms. The predicted octanol–water partition coefficient (Wildman–Crippen LogP) is 5.16. The summed E-state index contributed by atoms with van der Waals surface area (Å²) in [4.78, 5) is 14.4. The van der Waals surface area contributed by atoms with E-state index >= 15 is 0 Å². The van der Waals surface area contributed by atoms with Crippen LogP contribution >= 0.6 is 0 Å². The van der Waals surface area contributed by atoms with Crippen molar-refractivity contribution >= 4 is 10.9 Å². The Kier molecular flexibility index (Phi) is 5.66. The van der Waals surface area contributed by atoms with Crippen LogP contribution in [0.2, 0.25) is 0 Å². The standard InChI is InChI=1S/C24H22N2O4/c1-29-24-13-18(11-12-23(24)30-16-17-7-3-2-4-8-17)21(15-26(27)28)20-14-25-22-10-6-5-9-19(20)22/h2-14,21,25H,15-16H2,1H3/t21-/m0/s1. The van der Waals surface area contributed by atoms with Crippen LogP contribution in [-0.2, 0) is 6.61 Å². The fourth-order valence-electron chi connectivity index (χ4n) is 3.67. The van der Waals surface area contributed by atoms with Gasteiger partial charge >= 0.3 is 0 Å². The Morgan fingerprint density at radius 1 is 1.00 bits per heavy atom. The van der Waals surface area contributed by atoms with Gasteiger partial charge in [0.15, 0.2) is 11.5 Å². The second-order valence-corrected chi connectivity index (χ2v) is 7.04. The molecule has 0 fully saturated rings. The Hall–Kier alpha value is -3.80. The van der Waals surface area contributed by atoms with Crippen LogP contribution in [-0.4, -0.2) is 23.6 Å². The third-order valence-electron chi connectivity index (χ3n) is 5.16. The summed E-state index contributed by atoms with van der Waals surface area (Å²) in [5.41, 5.74) is 3.70. The smallest absolute Gasteiger partial charge is 0.214 e. The quantitative estimate of drug-likeness (QED) is 0.326. The predicted molar refractivity (Wildman–Crippen MR) is 116 cm³/mol. The van der Waals surface area contributed by atoms with E-state index < -0.39 is 5.92 Å². The molecule has 4 aromatic rings. The number of para-hydroxylation sites is 1. The summed E-state index contributed by atoms with van der Waals surface area (Å²) < 4.78 is 11.5. The minimum absolute atomic E-state index is 0.213. The lowest BCUT2D eigenvalue weighted by Gasteiger charge is -2.17. The van der Waals surface area contributed by atoms with E-state index in [1.54, 1.807) is 7.11 Å². The van der Waals surface area contributed by atoms with Gasteiger partial charge in [-0.2, -0.15) is 0 Å². The molecule has 0 radical (unpaired) electrons. The average Bonchev–Trinajstić information content (AvgIpc) is 3.20. The van der Waals surface area contributed by atoms with Crippen LogP contribution in [0.1, 0.15) is 22.6 Å². The molecule has 1 heterocycles. The lowest BCUT2D eigenvalue weighted by atomic mass is 9.90. The number of nitro groups is 1. The molecule has 0 bridgehead atoms. The Bertz CT molecular complexity index is 1150. The van der Waals surface area contributed by atoms with Crippen molar-refractivity contribution in [3.8, 4) is 11.5 Å². The SMILES string of the molecule is COc1cc([C@H](C[N+](=O)[O-])c2c[nH]c3ccccc23)ccc1OCc1ccccc1. The minimum atomic E-state index is -0.409. The highest BCUT2D eigenvalue weighted by molar-refractivity contribution is 5.84. The largest absolute Gasteiger partial charge is 0.493 e. The van der Waals surface area contributed by atoms with Crippen molar-refractivity contribution in [3.05, 3.63) is 106 Å². The highest BCUT2D eigenvalue weighted by atomic mass is 16.6. The lowest BCUT2D eigenvalue weighted by molar-refractivity contribution is -0.481. The van der Waals surface area contributed by atoms with Gasteiger partial charge in [-0.25, -0.2) is 0 Å². The summed E-state index contributed by atoms with van der Waals surface area (Å²) >= 11 is 0. The second kappa shape index (κ2) is 8.69. The van der Waals surface area contributed by atoms with Crippen molar-refractivity contribution in [2.45, 2.75) is 12.5 Å². The first-order valence-corrected chi connectivity index (χ1v) is 9.68. The number of hydrogen-bond donors (Lipinski definition) is 1. The molecule has 6 heteroatoms. The van der Waals surface area contributed by atoms with Gasteiger partial charge in [0.05, 0.1) is 13.0 Å². The molecule has 6 nitrogen and oxygen atoms in total. The van der Waals surface area contributed by atoms with Gasteiger partial charge < -0.3 is 14.5 Å². The number of nitrogens with one attached hydrogen (secondary N) is 1. The molecule has 0 unspecified atom stereocenters. The topological polar surface area (TPSA) is 77.4 Å². The van der Waals surface area contributed by atoms with Gasteiger partial charge in [-0.1, -0.05) is 54.6 Å². The fourth-order valence-corrected chi connectivity index (χ4v) is 3.67. The summed E-state index contributed by atoms with van der Waals surface area (Å²) in [5, 5.41) is 12.4. The third-order valence-corrected chi connectivity index (χ3v) is 5.16. The molecule has 1 N–H and O–H groups in total. The molecule has 0 saturated carbocycles. The fraction of sp³-hybridized carbons (Fsp3) is 0.167. The maximum atomic E-state index is 11.4. The van der Waals surface area contributed by atoms with Crippen molar-refractivity contribution in [3.63, 3.8) is 0 Å². The molecule has 0 saturated heterocycles. The zero-order chi connectivity index (χ0) is 20.9. The molecule has 0 amide bonds. The van der Waals surface area contributed by atoms with Gasteiger partial charge in [-0.3, -0.25) is 10.1 Å². The van der Waals surface area contributed by atoms with Crippen molar-refractivity contribution in [2.24, 2.45) is 0 Å². The summed E-state index contributed by atoms with van der Waals surface area (Å²) in [7, 11) is 1.57. The van der Waals surface area contributed by atoms with Gasteiger partial charge in [0, 0.05) is 22.0 Å². The summed E-state index contributed by atoms with van der Waals surface area (Å²) in [6.45, 7) is 0.201.